The third-order valence-electron chi connectivity index (χ3n) is 4.08. The number of Topliss-reactive ketones (excluding diaryl/α,β-unsaturated/α-hetero) is 1. The molecule has 0 radical (unpaired) electrons. The number of ether oxygens (including phenoxy) is 1. The van der Waals surface area contributed by atoms with Gasteiger partial charge in [0.15, 0.2) is 5.78 Å². The van der Waals surface area contributed by atoms with E-state index in [1.54, 1.807) is 42.6 Å². The van der Waals surface area contributed by atoms with Crippen molar-refractivity contribution >= 4 is 28.9 Å². The molecular weight excluding hydrogens is 366 g/mol. The molecule has 2 aromatic carbocycles. The summed E-state index contributed by atoms with van der Waals surface area (Å²) in [5.74, 6) is 0.960. The average Bonchev–Trinajstić information content (AvgIpc) is 2.70. The Hall–Kier alpha value is -3.67. The first-order valence-electron chi connectivity index (χ1n) is 9.33. The molecule has 148 valence electrons. The van der Waals surface area contributed by atoms with Gasteiger partial charge in [-0.05, 0) is 69.3 Å². The van der Waals surface area contributed by atoms with Gasteiger partial charge in [-0.1, -0.05) is 12.1 Å². The number of hydrogen-bond donors (Lipinski definition) is 2. The summed E-state index contributed by atoms with van der Waals surface area (Å²) in [4.78, 5) is 28.2. The minimum atomic E-state index is -0.266. The second-order valence-electron chi connectivity index (χ2n) is 6.81. The molecule has 0 aliphatic rings. The van der Waals surface area contributed by atoms with Crippen LogP contribution in [0.5, 0.6) is 5.75 Å². The van der Waals surface area contributed by atoms with Crippen LogP contribution in [0.4, 0.5) is 17.2 Å². The van der Waals surface area contributed by atoms with E-state index in [4.69, 9.17) is 4.74 Å². The molecule has 1 heterocycles. The maximum Gasteiger partial charge on any atom is 0.255 e. The van der Waals surface area contributed by atoms with Crippen LogP contribution in [-0.2, 0) is 0 Å². The molecule has 0 fully saturated rings. The highest BCUT2D eigenvalue weighted by Crippen LogP contribution is 2.27. The lowest BCUT2D eigenvalue weighted by Gasteiger charge is -2.15. The summed E-state index contributed by atoms with van der Waals surface area (Å²) in [5, 5.41) is 6.03. The lowest BCUT2D eigenvalue weighted by atomic mass is 10.1. The molecule has 0 atom stereocenters. The number of rotatable bonds is 7. The largest absolute Gasteiger partial charge is 0.489 e. The number of amides is 1. The average molecular weight is 389 g/mol. The Morgan fingerprint density at radius 3 is 2.38 bits per heavy atom. The second-order valence-corrected chi connectivity index (χ2v) is 6.81. The molecule has 1 amide bonds. The Balaban J connectivity index is 1.74. The lowest BCUT2D eigenvalue weighted by Crippen LogP contribution is -2.12. The van der Waals surface area contributed by atoms with Gasteiger partial charge in [-0.25, -0.2) is 4.98 Å². The summed E-state index contributed by atoms with van der Waals surface area (Å²) in [6.07, 6.45) is 1.61. The van der Waals surface area contributed by atoms with Crippen molar-refractivity contribution in [3.8, 4) is 5.75 Å². The monoisotopic (exact) mass is 389 g/mol. The molecule has 6 nitrogen and oxygen atoms in total. The third-order valence-corrected chi connectivity index (χ3v) is 4.08. The fourth-order valence-electron chi connectivity index (χ4n) is 2.70. The number of para-hydroxylation sites is 2. The van der Waals surface area contributed by atoms with Crippen LogP contribution in [0.15, 0.2) is 66.9 Å². The number of nitrogens with zero attached hydrogens (tertiary/aromatic N) is 1. The molecule has 6 heteroatoms. The van der Waals surface area contributed by atoms with E-state index in [0.717, 1.165) is 5.69 Å². The van der Waals surface area contributed by atoms with Crippen LogP contribution in [0.3, 0.4) is 0 Å². The molecule has 0 spiro atoms. The first kappa shape index (κ1) is 20.1. The van der Waals surface area contributed by atoms with Gasteiger partial charge >= 0.3 is 0 Å². The summed E-state index contributed by atoms with van der Waals surface area (Å²) in [5.41, 5.74) is 2.44. The molecule has 0 aliphatic heterocycles. The highest BCUT2D eigenvalue weighted by Gasteiger charge is 2.10. The number of anilines is 3. The second kappa shape index (κ2) is 9.01. The molecule has 3 aromatic rings. The Morgan fingerprint density at radius 2 is 1.69 bits per heavy atom. The molecule has 0 unspecified atom stereocenters. The normalized spacial score (nSPS) is 10.5. The van der Waals surface area contributed by atoms with Crippen molar-refractivity contribution in [3.05, 3.63) is 78.0 Å². The van der Waals surface area contributed by atoms with Gasteiger partial charge in [0.25, 0.3) is 5.91 Å². The number of benzene rings is 2. The summed E-state index contributed by atoms with van der Waals surface area (Å²) in [6, 6.07) is 17.7. The van der Waals surface area contributed by atoms with Crippen LogP contribution in [0.2, 0.25) is 0 Å². The number of hydrogen-bond acceptors (Lipinski definition) is 5. The van der Waals surface area contributed by atoms with Crippen LogP contribution < -0.4 is 15.4 Å². The van der Waals surface area contributed by atoms with Crippen molar-refractivity contribution in [2.24, 2.45) is 0 Å². The van der Waals surface area contributed by atoms with Gasteiger partial charge in [0.05, 0.1) is 11.8 Å². The highest BCUT2D eigenvalue weighted by molar-refractivity contribution is 6.05. The Kier molecular flexibility index (Phi) is 6.24. The van der Waals surface area contributed by atoms with Gasteiger partial charge in [0.2, 0.25) is 0 Å². The lowest BCUT2D eigenvalue weighted by molar-refractivity contribution is 0.101. The van der Waals surface area contributed by atoms with Gasteiger partial charge < -0.3 is 15.4 Å². The zero-order chi connectivity index (χ0) is 20.8. The van der Waals surface area contributed by atoms with Crippen LogP contribution in [0.25, 0.3) is 0 Å². The van der Waals surface area contributed by atoms with Crippen molar-refractivity contribution in [3.63, 3.8) is 0 Å². The SMILES string of the molecule is CC(=O)c1ccc(NC(=O)c2ccnc(Nc3ccccc3OC(C)C)c2)cc1. The Bertz CT molecular complexity index is 1010. The van der Waals surface area contributed by atoms with Gasteiger partial charge in [-0.15, -0.1) is 0 Å². The predicted molar refractivity (Wildman–Crippen MR) is 114 cm³/mol. The molecule has 0 bridgehead atoms. The van der Waals surface area contributed by atoms with Gasteiger partial charge in [-0.3, -0.25) is 9.59 Å². The number of pyridine rings is 1. The molecule has 29 heavy (non-hydrogen) atoms. The fourth-order valence-corrected chi connectivity index (χ4v) is 2.70. The van der Waals surface area contributed by atoms with Crippen LogP contribution >= 0.6 is 0 Å². The Morgan fingerprint density at radius 1 is 0.966 bits per heavy atom. The van der Waals surface area contributed by atoms with Gasteiger partial charge in [0.1, 0.15) is 11.6 Å². The topological polar surface area (TPSA) is 80.3 Å². The van der Waals surface area contributed by atoms with Crippen molar-refractivity contribution in [2.75, 3.05) is 10.6 Å². The van der Waals surface area contributed by atoms with Gasteiger partial charge in [0, 0.05) is 23.0 Å². The van der Waals surface area contributed by atoms with Gasteiger partial charge in [-0.2, -0.15) is 0 Å². The van der Waals surface area contributed by atoms with Crippen molar-refractivity contribution < 1.29 is 14.3 Å². The first-order valence-corrected chi connectivity index (χ1v) is 9.33. The van der Waals surface area contributed by atoms with Crippen LogP contribution in [0, 0.1) is 0 Å². The number of aromatic nitrogens is 1. The van der Waals surface area contributed by atoms with E-state index in [1.807, 2.05) is 38.1 Å². The first-order chi connectivity index (χ1) is 13.9. The summed E-state index contributed by atoms with van der Waals surface area (Å²) < 4.78 is 5.81. The molecule has 0 saturated carbocycles. The molecule has 2 N–H and O–H groups in total. The zero-order valence-corrected chi connectivity index (χ0v) is 16.6. The predicted octanol–water partition coefficient (Wildman–Crippen LogP) is 5.07. The molecular formula is C23H23N3O3. The quantitative estimate of drug-likeness (QED) is 0.552. The fraction of sp³-hybridized carbons (Fsp3) is 0.174. The molecule has 1 aromatic heterocycles. The van der Waals surface area contributed by atoms with Crippen molar-refractivity contribution in [2.45, 2.75) is 26.9 Å². The molecule has 3 rings (SSSR count). The summed E-state index contributed by atoms with van der Waals surface area (Å²) in [6.45, 7) is 5.43. The number of carbonyl (C=O) groups excluding carboxylic acids is 2. The number of carbonyl (C=O) groups is 2. The zero-order valence-electron chi connectivity index (χ0n) is 16.6. The standard InChI is InChI=1S/C23H23N3O3/c1-15(2)29-21-7-5-4-6-20(21)26-22-14-18(12-13-24-22)23(28)25-19-10-8-17(9-11-19)16(3)27/h4-15H,1-3H3,(H,24,26)(H,25,28). The third kappa shape index (κ3) is 5.42. The van der Waals surface area contributed by atoms with E-state index in [1.165, 1.54) is 6.92 Å². The minimum Gasteiger partial charge on any atom is -0.489 e. The van der Waals surface area contributed by atoms with E-state index in [-0.39, 0.29) is 17.8 Å². The Labute approximate surface area is 169 Å². The molecule has 0 aliphatic carbocycles. The number of ketones is 1. The molecule has 0 saturated heterocycles. The smallest absolute Gasteiger partial charge is 0.255 e. The number of nitrogens with one attached hydrogen (secondary N) is 2. The maximum atomic E-state index is 12.6. The van der Waals surface area contributed by atoms with E-state index in [2.05, 4.69) is 15.6 Å². The maximum absolute atomic E-state index is 12.6. The van der Waals surface area contributed by atoms with E-state index in [0.29, 0.717) is 28.4 Å². The van der Waals surface area contributed by atoms with Crippen molar-refractivity contribution in [1.29, 1.82) is 0 Å². The minimum absolute atomic E-state index is 0.0190. The van der Waals surface area contributed by atoms with E-state index in [9.17, 15) is 9.59 Å². The van der Waals surface area contributed by atoms with E-state index >= 15 is 0 Å². The summed E-state index contributed by atoms with van der Waals surface area (Å²) >= 11 is 0. The van der Waals surface area contributed by atoms with Crippen LogP contribution in [-0.4, -0.2) is 22.8 Å². The van der Waals surface area contributed by atoms with Crippen molar-refractivity contribution in [1.82, 2.24) is 4.98 Å². The van der Waals surface area contributed by atoms with Crippen LogP contribution in [0.1, 0.15) is 41.5 Å². The van der Waals surface area contributed by atoms with E-state index < -0.39 is 0 Å². The highest BCUT2D eigenvalue weighted by atomic mass is 16.5. The summed E-state index contributed by atoms with van der Waals surface area (Å²) in [7, 11) is 0.